The molecule has 1 saturated carbocycles. The largest absolute Gasteiger partial charge is 0.395 e. The number of halogens is 1. The van der Waals surface area contributed by atoms with Crippen LogP contribution in [0.5, 0.6) is 0 Å². The first-order chi connectivity index (χ1) is 13.2. The summed E-state index contributed by atoms with van der Waals surface area (Å²) in [5, 5.41) is 10.3. The molecule has 0 radical (unpaired) electrons. The molecule has 6 heteroatoms. The van der Waals surface area contributed by atoms with E-state index in [9.17, 15) is 0 Å². The highest BCUT2D eigenvalue weighted by Crippen LogP contribution is 2.48. The van der Waals surface area contributed by atoms with E-state index in [0.29, 0.717) is 5.38 Å². The number of aliphatic hydroxyl groups excluding tert-OH is 1. The number of thioether (sulfide) groups is 1. The van der Waals surface area contributed by atoms with Crippen LogP contribution in [-0.2, 0) is 0 Å². The van der Waals surface area contributed by atoms with Crippen LogP contribution in [0.1, 0.15) is 51.4 Å². The number of hydrogen-bond acceptors (Lipinski definition) is 5. The van der Waals surface area contributed by atoms with Crippen LogP contribution in [0, 0.1) is 0 Å². The van der Waals surface area contributed by atoms with E-state index < -0.39 is 0 Å². The molecular weight excluding hydrogens is 378 g/mol. The Labute approximate surface area is 174 Å². The van der Waals surface area contributed by atoms with Crippen LogP contribution < -0.4 is 0 Å². The highest BCUT2D eigenvalue weighted by atomic mass is 35.5. The van der Waals surface area contributed by atoms with Crippen LogP contribution in [0.15, 0.2) is 10.6 Å². The number of alkyl halides is 1. The minimum absolute atomic E-state index is 0.286. The number of β-amino-alcohol motifs (C(OH)–C–C–N with tert-alkyl or cyclic N) is 1. The van der Waals surface area contributed by atoms with Gasteiger partial charge in [-0.25, -0.2) is 0 Å². The molecule has 2 aliphatic carbocycles. The fourth-order valence-corrected chi connectivity index (χ4v) is 7.28. The van der Waals surface area contributed by atoms with Crippen LogP contribution in [0.2, 0.25) is 0 Å². The molecule has 0 bridgehead atoms. The molecule has 0 aromatic rings. The summed E-state index contributed by atoms with van der Waals surface area (Å²) < 4.78 is 0. The van der Waals surface area contributed by atoms with Gasteiger partial charge < -0.3 is 14.9 Å². The molecule has 4 rings (SSSR count). The van der Waals surface area contributed by atoms with Gasteiger partial charge in [-0.15, -0.1) is 23.4 Å². The van der Waals surface area contributed by atoms with E-state index in [2.05, 4.69) is 26.5 Å². The number of fused-ring (bicyclic) bond motifs is 1. The molecule has 0 aromatic heterocycles. The summed E-state index contributed by atoms with van der Waals surface area (Å²) >= 11 is 8.79. The third-order valence-electron chi connectivity index (χ3n) is 6.88. The van der Waals surface area contributed by atoms with Gasteiger partial charge in [0.1, 0.15) is 0 Å². The van der Waals surface area contributed by atoms with E-state index >= 15 is 0 Å². The van der Waals surface area contributed by atoms with Gasteiger partial charge >= 0.3 is 0 Å². The van der Waals surface area contributed by atoms with Crippen LogP contribution in [0.25, 0.3) is 0 Å². The number of piperazine rings is 1. The number of nitrogens with zero attached hydrogens (tertiary/aromatic N) is 3. The Bertz CT molecular complexity index is 524. The molecule has 2 aliphatic heterocycles. The lowest BCUT2D eigenvalue weighted by molar-refractivity contribution is 0.106. The normalized spacial score (nSPS) is 33.1. The maximum Gasteiger partial charge on any atom is 0.0558 e. The van der Waals surface area contributed by atoms with E-state index in [1.807, 2.05) is 0 Å². The SMILES string of the molecule is OCCN1CCN(CCCN2C3=C(CCC(Cl)C3)SC3CCCCC32)CC1. The first-order valence-corrected chi connectivity index (χ1v) is 12.4. The lowest BCUT2D eigenvalue weighted by Gasteiger charge is -2.49. The summed E-state index contributed by atoms with van der Waals surface area (Å²) in [6, 6.07) is 0.755. The Kier molecular flexibility index (Phi) is 7.31. The van der Waals surface area contributed by atoms with E-state index in [-0.39, 0.29) is 6.61 Å². The molecular formula is C21H36ClN3OS. The fraction of sp³-hybridized carbons (Fsp3) is 0.905. The number of rotatable bonds is 6. The van der Waals surface area contributed by atoms with E-state index in [0.717, 1.165) is 56.9 Å². The van der Waals surface area contributed by atoms with Gasteiger partial charge in [-0.2, -0.15) is 0 Å². The molecule has 2 heterocycles. The average Bonchev–Trinajstić information content (AvgIpc) is 2.69. The second-order valence-electron chi connectivity index (χ2n) is 8.67. The van der Waals surface area contributed by atoms with E-state index in [1.165, 1.54) is 51.6 Å². The zero-order valence-electron chi connectivity index (χ0n) is 16.6. The van der Waals surface area contributed by atoms with Crippen molar-refractivity contribution in [2.75, 3.05) is 52.4 Å². The summed E-state index contributed by atoms with van der Waals surface area (Å²) in [5.74, 6) is 0. The van der Waals surface area contributed by atoms with Gasteiger partial charge in [0, 0.05) is 73.0 Å². The quantitative estimate of drug-likeness (QED) is 0.674. The molecule has 4 aliphatic rings. The van der Waals surface area contributed by atoms with Gasteiger partial charge in [0.25, 0.3) is 0 Å². The standard InChI is InChI=1S/C21H36ClN3OS/c22-17-6-7-21-19(16-17)25(18-4-1-2-5-20(18)27-21)9-3-8-23-10-12-24(13-11-23)14-15-26/h17-18,20,26H,1-16H2. The van der Waals surface area contributed by atoms with Crippen molar-refractivity contribution in [1.82, 2.24) is 14.7 Å². The van der Waals surface area contributed by atoms with Gasteiger partial charge in [0.15, 0.2) is 0 Å². The average molecular weight is 414 g/mol. The first kappa shape index (κ1) is 20.3. The Morgan fingerprint density at radius 1 is 0.963 bits per heavy atom. The third kappa shape index (κ3) is 4.98. The van der Waals surface area contributed by atoms with Crippen molar-refractivity contribution < 1.29 is 5.11 Å². The molecule has 0 amide bonds. The van der Waals surface area contributed by atoms with Gasteiger partial charge in [-0.3, -0.25) is 4.90 Å². The zero-order valence-corrected chi connectivity index (χ0v) is 18.2. The monoisotopic (exact) mass is 413 g/mol. The van der Waals surface area contributed by atoms with Crippen molar-refractivity contribution in [2.45, 2.75) is 68.0 Å². The summed E-state index contributed by atoms with van der Waals surface area (Å²) in [4.78, 5) is 9.48. The molecule has 27 heavy (non-hydrogen) atoms. The predicted octanol–water partition coefficient (Wildman–Crippen LogP) is 3.35. The minimum atomic E-state index is 0.286. The smallest absolute Gasteiger partial charge is 0.0558 e. The summed E-state index contributed by atoms with van der Waals surface area (Å²) in [6.07, 6.45) is 10.3. The highest BCUT2D eigenvalue weighted by Gasteiger charge is 2.39. The minimum Gasteiger partial charge on any atom is -0.395 e. The van der Waals surface area contributed by atoms with Crippen molar-refractivity contribution in [3.05, 3.63) is 10.6 Å². The zero-order chi connectivity index (χ0) is 18.6. The number of hydrogen-bond donors (Lipinski definition) is 1. The van der Waals surface area contributed by atoms with E-state index in [4.69, 9.17) is 16.7 Å². The van der Waals surface area contributed by atoms with Crippen molar-refractivity contribution in [3.8, 4) is 0 Å². The topological polar surface area (TPSA) is 30.0 Å². The Morgan fingerprint density at radius 2 is 1.70 bits per heavy atom. The first-order valence-electron chi connectivity index (χ1n) is 11.1. The molecule has 3 unspecified atom stereocenters. The maximum atomic E-state index is 9.10. The molecule has 0 aromatic carbocycles. The number of aliphatic hydroxyl groups is 1. The van der Waals surface area contributed by atoms with Crippen LogP contribution in [0.3, 0.4) is 0 Å². The van der Waals surface area contributed by atoms with E-state index in [1.54, 1.807) is 10.6 Å². The summed E-state index contributed by atoms with van der Waals surface area (Å²) in [7, 11) is 0. The summed E-state index contributed by atoms with van der Waals surface area (Å²) in [5.41, 5.74) is 1.61. The fourth-order valence-electron chi connectivity index (χ4n) is 5.36. The van der Waals surface area contributed by atoms with Crippen LogP contribution >= 0.6 is 23.4 Å². The molecule has 154 valence electrons. The molecule has 4 nitrogen and oxygen atoms in total. The lowest BCUT2D eigenvalue weighted by atomic mass is 9.91. The molecule has 2 fully saturated rings. The third-order valence-corrected chi connectivity index (χ3v) is 8.83. The van der Waals surface area contributed by atoms with Crippen molar-refractivity contribution >= 4 is 23.4 Å². The Morgan fingerprint density at radius 3 is 2.48 bits per heavy atom. The van der Waals surface area contributed by atoms with Gasteiger partial charge in [-0.1, -0.05) is 12.8 Å². The summed E-state index contributed by atoms with van der Waals surface area (Å²) in [6.45, 7) is 8.05. The number of allylic oxidation sites excluding steroid dienone is 2. The molecule has 0 spiro atoms. The highest BCUT2D eigenvalue weighted by molar-refractivity contribution is 8.03. The van der Waals surface area contributed by atoms with Crippen LogP contribution in [0.4, 0.5) is 0 Å². The second kappa shape index (κ2) is 9.71. The van der Waals surface area contributed by atoms with Crippen LogP contribution in [-0.4, -0.2) is 88.9 Å². The molecule has 1 saturated heterocycles. The van der Waals surface area contributed by atoms with Crippen molar-refractivity contribution in [1.29, 1.82) is 0 Å². The van der Waals surface area contributed by atoms with Gasteiger partial charge in [-0.05, 0) is 38.6 Å². The lowest BCUT2D eigenvalue weighted by Crippen LogP contribution is -2.50. The van der Waals surface area contributed by atoms with Gasteiger partial charge in [0.05, 0.1) is 6.61 Å². The molecule has 1 N–H and O–H groups in total. The van der Waals surface area contributed by atoms with Crippen molar-refractivity contribution in [2.24, 2.45) is 0 Å². The van der Waals surface area contributed by atoms with Gasteiger partial charge in [0.2, 0.25) is 0 Å². The Balaban J connectivity index is 1.33. The van der Waals surface area contributed by atoms with Crippen molar-refractivity contribution in [3.63, 3.8) is 0 Å². The predicted molar refractivity (Wildman–Crippen MR) is 115 cm³/mol. The second-order valence-corrected chi connectivity index (χ2v) is 10.6. The molecule has 3 atom stereocenters. The maximum absolute atomic E-state index is 9.10. The Hall–Kier alpha value is 0.0600.